The third-order valence-corrected chi connectivity index (χ3v) is 3.54. The lowest BCUT2D eigenvalue weighted by Crippen LogP contribution is -2.16. The lowest BCUT2D eigenvalue weighted by atomic mass is 10.2. The molecule has 0 N–H and O–H groups in total. The first kappa shape index (κ1) is 9.28. The van der Waals surface area contributed by atoms with Crippen molar-refractivity contribution >= 4 is 15.9 Å². The van der Waals surface area contributed by atoms with Crippen molar-refractivity contribution in [2.75, 3.05) is 13.6 Å². The lowest BCUT2D eigenvalue weighted by Gasteiger charge is -2.11. The van der Waals surface area contributed by atoms with Gasteiger partial charge in [-0.2, -0.15) is 0 Å². The summed E-state index contributed by atoms with van der Waals surface area (Å²) in [4.78, 5) is 2.39. The van der Waals surface area contributed by atoms with Gasteiger partial charge in [-0.1, -0.05) is 0 Å². The van der Waals surface area contributed by atoms with Crippen LogP contribution in [0, 0.1) is 0 Å². The summed E-state index contributed by atoms with van der Waals surface area (Å²) >= 11 is 3.57. The lowest BCUT2D eigenvalue weighted by molar-refractivity contribution is 0.332. The minimum Gasteiger partial charge on any atom is -0.342 e. The van der Waals surface area contributed by atoms with Crippen LogP contribution in [-0.2, 0) is 20.0 Å². The maximum Gasteiger partial charge on any atom is 0.0849 e. The topological polar surface area (TPSA) is 8.17 Å². The molecule has 2 rings (SSSR count). The number of halogens is 1. The van der Waals surface area contributed by atoms with Crippen LogP contribution >= 0.6 is 15.9 Å². The number of hydrogen-bond acceptors (Lipinski definition) is 1. The van der Waals surface area contributed by atoms with E-state index >= 15 is 0 Å². The molecule has 72 valence electrons. The van der Waals surface area contributed by atoms with Gasteiger partial charge >= 0.3 is 0 Å². The highest BCUT2D eigenvalue weighted by atomic mass is 79.9. The number of nitrogens with zero attached hydrogens (tertiary/aromatic N) is 2. The van der Waals surface area contributed by atoms with Crippen LogP contribution in [0.1, 0.15) is 17.7 Å². The molecule has 1 aliphatic heterocycles. The highest BCUT2D eigenvalue weighted by Crippen LogP contribution is 2.24. The highest BCUT2D eigenvalue weighted by molar-refractivity contribution is 9.10. The van der Waals surface area contributed by atoms with E-state index in [2.05, 4.69) is 45.6 Å². The molecule has 0 amide bonds. The predicted octanol–water partition coefficient (Wildman–Crippen LogP) is 2.17. The van der Waals surface area contributed by atoms with Crippen LogP contribution in [0.5, 0.6) is 0 Å². The van der Waals surface area contributed by atoms with Crippen LogP contribution in [0.15, 0.2) is 10.7 Å². The van der Waals surface area contributed by atoms with Gasteiger partial charge in [0.15, 0.2) is 0 Å². The molecule has 0 saturated heterocycles. The van der Waals surface area contributed by atoms with Crippen LogP contribution in [0.4, 0.5) is 0 Å². The van der Waals surface area contributed by atoms with Gasteiger partial charge in [-0.15, -0.1) is 0 Å². The van der Waals surface area contributed by atoms with Crippen LogP contribution in [-0.4, -0.2) is 23.1 Å². The molecule has 1 aromatic heterocycles. The van der Waals surface area contributed by atoms with Crippen molar-refractivity contribution < 1.29 is 0 Å². The zero-order valence-corrected chi connectivity index (χ0v) is 9.76. The van der Waals surface area contributed by atoms with Crippen molar-refractivity contribution in [2.24, 2.45) is 7.05 Å². The first-order valence-electron chi connectivity index (χ1n) is 4.70. The second kappa shape index (κ2) is 3.46. The molecule has 0 radical (unpaired) electrons. The van der Waals surface area contributed by atoms with E-state index in [1.54, 1.807) is 0 Å². The van der Waals surface area contributed by atoms with Gasteiger partial charge in [0.2, 0.25) is 0 Å². The van der Waals surface area contributed by atoms with Crippen LogP contribution in [0.2, 0.25) is 0 Å². The third-order valence-electron chi connectivity index (χ3n) is 2.78. The molecule has 0 aromatic carbocycles. The smallest absolute Gasteiger partial charge is 0.0849 e. The van der Waals surface area contributed by atoms with E-state index in [4.69, 9.17) is 0 Å². The molecule has 1 aliphatic rings. The molecule has 2 heterocycles. The van der Waals surface area contributed by atoms with Gasteiger partial charge in [-0.3, -0.25) is 0 Å². The number of rotatable bonds is 0. The fraction of sp³-hybridized carbons (Fsp3) is 0.600. The summed E-state index contributed by atoms with van der Waals surface area (Å²) in [5.41, 5.74) is 2.98. The molecule has 1 aromatic rings. The van der Waals surface area contributed by atoms with E-state index in [1.807, 2.05) is 0 Å². The van der Waals surface area contributed by atoms with Gasteiger partial charge in [0.25, 0.3) is 0 Å². The maximum atomic E-state index is 3.57. The Morgan fingerprint density at radius 2 is 2.15 bits per heavy atom. The van der Waals surface area contributed by atoms with Crippen molar-refractivity contribution in [3.63, 3.8) is 0 Å². The second-order valence-corrected chi connectivity index (χ2v) is 4.65. The summed E-state index contributed by atoms with van der Waals surface area (Å²) in [6.45, 7) is 2.31. The minimum atomic E-state index is 1.09. The molecule has 0 bridgehead atoms. The second-order valence-electron chi connectivity index (χ2n) is 3.84. The van der Waals surface area contributed by atoms with Gasteiger partial charge in [0, 0.05) is 19.3 Å². The van der Waals surface area contributed by atoms with Gasteiger partial charge in [-0.05, 0) is 54.0 Å². The molecule has 0 aliphatic carbocycles. The van der Waals surface area contributed by atoms with Gasteiger partial charge in [0.1, 0.15) is 0 Å². The largest absolute Gasteiger partial charge is 0.342 e. The zero-order valence-electron chi connectivity index (χ0n) is 8.18. The Morgan fingerprint density at radius 3 is 2.92 bits per heavy atom. The number of aromatic nitrogens is 1. The van der Waals surface area contributed by atoms with E-state index in [1.165, 1.54) is 35.2 Å². The Bertz CT molecular complexity index is 317. The first-order chi connectivity index (χ1) is 6.18. The first-order valence-corrected chi connectivity index (χ1v) is 5.49. The van der Waals surface area contributed by atoms with Crippen molar-refractivity contribution in [2.45, 2.75) is 19.4 Å². The zero-order chi connectivity index (χ0) is 9.42. The van der Waals surface area contributed by atoms with Gasteiger partial charge < -0.3 is 9.47 Å². The Hall–Kier alpha value is -0.280. The molecular formula is C10H15BrN2. The van der Waals surface area contributed by atoms with E-state index < -0.39 is 0 Å². The van der Waals surface area contributed by atoms with E-state index in [0.717, 1.165) is 6.54 Å². The van der Waals surface area contributed by atoms with Crippen molar-refractivity contribution in [3.8, 4) is 0 Å². The Balaban J connectivity index is 2.39. The van der Waals surface area contributed by atoms with E-state index in [9.17, 15) is 0 Å². The third kappa shape index (κ3) is 1.67. The molecule has 0 saturated carbocycles. The fourth-order valence-corrected chi connectivity index (χ4v) is 2.51. The molecule has 0 atom stereocenters. The highest BCUT2D eigenvalue weighted by Gasteiger charge is 2.15. The average Bonchev–Trinajstić information content (AvgIpc) is 2.28. The normalized spacial score (nSPS) is 18.4. The van der Waals surface area contributed by atoms with Gasteiger partial charge in [-0.25, -0.2) is 0 Å². The quantitative estimate of drug-likeness (QED) is 0.678. The summed E-state index contributed by atoms with van der Waals surface area (Å²) in [6, 6.07) is 2.25. The number of hydrogen-bond donors (Lipinski definition) is 0. The maximum absolute atomic E-state index is 3.57. The Morgan fingerprint density at radius 1 is 1.38 bits per heavy atom. The monoisotopic (exact) mass is 242 g/mol. The van der Waals surface area contributed by atoms with Crippen LogP contribution in [0.3, 0.4) is 0 Å². The van der Waals surface area contributed by atoms with Crippen molar-refractivity contribution in [1.29, 1.82) is 0 Å². The molecule has 0 fully saturated rings. The Kier molecular flexibility index (Phi) is 2.47. The molecule has 13 heavy (non-hydrogen) atoms. The van der Waals surface area contributed by atoms with E-state index in [0.29, 0.717) is 0 Å². The van der Waals surface area contributed by atoms with Crippen LogP contribution < -0.4 is 0 Å². The summed E-state index contributed by atoms with van der Waals surface area (Å²) in [5.74, 6) is 0. The molecule has 0 unspecified atom stereocenters. The van der Waals surface area contributed by atoms with Crippen molar-refractivity contribution in [1.82, 2.24) is 9.47 Å². The minimum absolute atomic E-state index is 1.09. The van der Waals surface area contributed by atoms with Crippen LogP contribution in [0.25, 0.3) is 0 Å². The SMILES string of the molecule is CN1CCCc2c(cc(Br)n2C)C1. The molecule has 0 spiro atoms. The Labute approximate surface area is 87.7 Å². The predicted molar refractivity (Wildman–Crippen MR) is 57.8 cm³/mol. The van der Waals surface area contributed by atoms with Crippen molar-refractivity contribution in [3.05, 3.63) is 21.9 Å². The summed E-state index contributed by atoms with van der Waals surface area (Å²) in [5, 5.41) is 0. The summed E-state index contributed by atoms with van der Waals surface area (Å²) < 4.78 is 3.46. The fourth-order valence-electron chi connectivity index (χ4n) is 2.02. The number of fused-ring (bicyclic) bond motifs is 1. The molecule has 3 heteroatoms. The summed E-state index contributed by atoms with van der Waals surface area (Å²) in [7, 11) is 4.32. The molecular weight excluding hydrogens is 228 g/mol. The molecule has 2 nitrogen and oxygen atoms in total. The van der Waals surface area contributed by atoms with Gasteiger partial charge in [0.05, 0.1) is 4.60 Å². The average molecular weight is 243 g/mol. The standard InChI is InChI=1S/C10H15BrN2/c1-12-5-3-4-9-8(7-12)6-10(11)13(9)2/h6H,3-5,7H2,1-2H3. The van der Waals surface area contributed by atoms with E-state index in [-0.39, 0.29) is 0 Å². The summed E-state index contributed by atoms with van der Waals surface area (Å²) in [6.07, 6.45) is 2.48.